The van der Waals surface area contributed by atoms with Crippen LogP contribution in [-0.2, 0) is 9.59 Å². The van der Waals surface area contributed by atoms with Gasteiger partial charge >= 0.3 is 5.97 Å². The summed E-state index contributed by atoms with van der Waals surface area (Å²) >= 11 is 1.67. The van der Waals surface area contributed by atoms with Crippen molar-refractivity contribution in [1.82, 2.24) is 4.90 Å². The molecule has 0 aromatic carbocycles. The van der Waals surface area contributed by atoms with Gasteiger partial charge in [-0.3, -0.25) is 4.79 Å². The van der Waals surface area contributed by atoms with Crippen LogP contribution in [0.1, 0.15) is 57.8 Å². The number of amides is 1. The van der Waals surface area contributed by atoms with E-state index in [2.05, 4.69) is 0 Å². The van der Waals surface area contributed by atoms with Crippen molar-refractivity contribution in [2.75, 3.05) is 5.75 Å². The molecule has 21 heavy (non-hydrogen) atoms. The number of aliphatic carboxylic acids is 1. The Morgan fingerprint density at radius 1 is 1.10 bits per heavy atom. The molecule has 2 atom stereocenters. The van der Waals surface area contributed by atoms with Crippen molar-refractivity contribution in [2.24, 2.45) is 11.8 Å². The Labute approximate surface area is 130 Å². The van der Waals surface area contributed by atoms with Gasteiger partial charge in [-0.05, 0) is 31.1 Å². The number of carbonyl (C=O) groups excluding carboxylic acids is 1. The number of rotatable bonds is 5. The van der Waals surface area contributed by atoms with E-state index in [-0.39, 0.29) is 11.3 Å². The maximum Gasteiger partial charge on any atom is 0.327 e. The zero-order chi connectivity index (χ0) is 14.8. The van der Waals surface area contributed by atoms with E-state index < -0.39 is 12.0 Å². The van der Waals surface area contributed by atoms with Crippen LogP contribution in [0, 0.1) is 11.8 Å². The second kappa shape index (κ2) is 6.59. The first-order valence-electron chi connectivity index (χ1n) is 8.32. The van der Waals surface area contributed by atoms with E-state index in [0.717, 1.165) is 19.3 Å². The number of carboxylic acids is 1. The zero-order valence-electron chi connectivity index (χ0n) is 12.5. The summed E-state index contributed by atoms with van der Waals surface area (Å²) in [6.45, 7) is 0. The van der Waals surface area contributed by atoms with E-state index in [4.69, 9.17) is 0 Å². The summed E-state index contributed by atoms with van der Waals surface area (Å²) in [5, 5.41) is 9.49. The number of carbonyl (C=O) groups is 2. The van der Waals surface area contributed by atoms with Crippen LogP contribution in [0.25, 0.3) is 0 Å². The van der Waals surface area contributed by atoms with E-state index in [1.807, 2.05) is 0 Å². The fraction of sp³-hybridized carbons (Fsp3) is 0.875. The third-order valence-corrected chi connectivity index (χ3v) is 6.59. The van der Waals surface area contributed by atoms with E-state index in [9.17, 15) is 14.7 Å². The molecule has 0 aromatic rings. The van der Waals surface area contributed by atoms with Gasteiger partial charge in [-0.2, -0.15) is 0 Å². The quantitative estimate of drug-likeness (QED) is 0.847. The lowest BCUT2D eigenvalue weighted by molar-refractivity contribution is -0.149. The van der Waals surface area contributed by atoms with Crippen molar-refractivity contribution in [3.63, 3.8) is 0 Å². The predicted molar refractivity (Wildman–Crippen MR) is 83.0 cm³/mol. The van der Waals surface area contributed by atoms with Gasteiger partial charge in [0.05, 0.1) is 5.37 Å². The summed E-state index contributed by atoms with van der Waals surface area (Å²) in [4.78, 5) is 25.7. The molecular weight excluding hydrogens is 286 g/mol. The van der Waals surface area contributed by atoms with Crippen molar-refractivity contribution >= 4 is 23.6 Å². The SMILES string of the molecule is O=C(O)C1CSC(C2CC2)N1C(=O)CCC1CCCCC1. The van der Waals surface area contributed by atoms with Gasteiger partial charge in [0, 0.05) is 12.2 Å². The summed E-state index contributed by atoms with van der Waals surface area (Å²) < 4.78 is 0. The van der Waals surface area contributed by atoms with Crippen LogP contribution in [-0.4, -0.2) is 39.1 Å². The molecule has 2 saturated carbocycles. The van der Waals surface area contributed by atoms with Crippen molar-refractivity contribution in [3.8, 4) is 0 Å². The molecule has 2 aliphatic carbocycles. The predicted octanol–water partition coefficient (Wildman–Crippen LogP) is 3.11. The average molecular weight is 311 g/mol. The van der Waals surface area contributed by atoms with Crippen molar-refractivity contribution in [2.45, 2.75) is 69.2 Å². The summed E-state index contributed by atoms with van der Waals surface area (Å²) in [5.41, 5.74) is 0. The van der Waals surface area contributed by atoms with Crippen LogP contribution in [0.2, 0.25) is 0 Å². The van der Waals surface area contributed by atoms with E-state index >= 15 is 0 Å². The Morgan fingerprint density at radius 2 is 1.81 bits per heavy atom. The van der Waals surface area contributed by atoms with Crippen LogP contribution in [0.3, 0.4) is 0 Å². The lowest BCUT2D eigenvalue weighted by Gasteiger charge is -2.28. The molecule has 2 unspecified atom stereocenters. The molecule has 1 N–H and O–H groups in total. The van der Waals surface area contributed by atoms with E-state index in [1.54, 1.807) is 16.7 Å². The minimum Gasteiger partial charge on any atom is -0.480 e. The minimum absolute atomic E-state index is 0.0786. The maximum absolute atomic E-state index is 12.6. The van der Waals surface area contributed by atoms with Crippen molar-refractivity contribution in [3.05, 3.63) is 0 Å². The molecule has 4 nitrogen and oxygen atoms in total. The fourth-order valence-corrected chi connectivity index (χ4v) is 5.36. The monoisotopic (exact) mass is 311 g/mol. The highest BCUT2D eigenvalue weighted by Gasteiger charge is 2.47. The highest BCUT2D eigenvalue weighted by molar-refractivity contribution is 8.00. The molecule has 0 spiro atoms. The topological polar surface area (TPSA) is 57.6 Å². The van der Waals surface area contributed by atoms with Crippen LogP contribution in [0.4, 0.5) is 0 Å². The number of nitrogens with zero attached hydrogens (tertiary/aromatic N) is 1. The summed E-state index contributed by atoms with van der Waals surface area (Å²) in [5.74, 6) is 1.02. The lowest BCUT2D eigenvalue weighted by atomic mass is 9.86. The highest BCUT2D eigenvalue weighted by Crippen LogP contribution is 2.45. The first-order valence-corrected chi connectivity index (χ1v) is 9.37. The second-order valence-electron chi connectivity index (χ2n) is 6.76. The maximum atomic E-state index is 12.6. The van der Waals surface area contributed by atoms with Gasteiger partial charge in [0.1, 0.15) is 6.04 Å². The number of thioether (sulfide) groups is 1. The molecule has 0 radical (unpaired) electrons. The van der Waals surface area contributed by atoms with Gasteiger partial charge in [0.2, 0.25) is 5.91 Å². The smallest absolute Gasteiger partial charge is 0.327 e. The molecule has 3 fully saturated rings. The Balaban J connectivity index is 1.58. The second-order valence-corrected chi connectivity index (χ2v) is 7.91. The van der Waals surface area contributed by atoms with Gasteiger partial charge in [-0.1, -0.05) is 32.1 Å². The Hall–Kier alpha value is -0.710. The summed E-state index contributed by atoms with van der Waals surface area (Å²) in [6.07, 6.45) is 10.2. The molecule has 1 saturated heterocycles. The third kappa shape index (κ3) is 3.55. The van der Waals surface area contributed by atoms with Crippen LogP contribution >= 0.6 is 11.8 Å². The van der Waals surface area contributed by atoms with Gasteiger partial charge in [-0.15, -0.1) is 11.8 Å². The zero-order valence-corrected chi connectivity index (χ0v) is 13.3. The Kier molecular flexibility index (Phi) is 4.77. The summed E-state index contributed by atoms with van der Waals surface area (Å²) in [6, 6.07) is -0.598. The van der Waals surface area contributed by atoms with E-state index in [1.165, 1.54) is 32.1 Å². The van der Waals surface area contributed by atoms with E-state index in [0.29, 0.717) is 24.0 Å². The summed E-state index contributed by atoms with van der Waals surface area (Å²) in [7, 11) is 0. The van der Waals surface area contributed by atoms with Crippen LogP contribution in [0.15, 0.2) is 0 Å². The van der Waals surface area contributed by atoms with Crippen LogP contribution < -0.4 is 0 Å². The average Bonchev–Trinajstić information content (AvgIpc) is 3.24. The number of hydrogen-bond donors (Lipinski definition) is 1. The first kappa shape index (κ1) is 15.2. The normalized spacial score (nSPS) is 30.6. The molecule has 118 valence electrons. The molecule has 0 aromatic heterocycles. The molecule has 1 amide bonds. The molecule has 1 heterocycles. The van der Waals surface area contributed by atoms with Gasteiger partial charge in [0.25, 0.3) is 0 Å². The van der Waals surface area contributed by atoms with Gasteiger partial charge in [0.15, 0.2) is 0 Å². The number of carboxylic acid groups (broad SMARTS) is 1. The van der Waals surface area contributed by atoms with Crippen molar-refractivity contribution in [1.29, 1.82) is 0 Å². The van der Waals surface area contributed by atoms with Crippen LogP contribution in [0.5, 0.6) is 0 Å². The molecular formula is C16H25NO3S. The molecule has 3 rings (SSSR count). The van der Waals surface area contributed by atoms with Gasteiger partial charge < -0.3 is 10.0 Å². The first-order chi connectivity index (χ1) is 10.2. The lowest BCUT2D eigenvalue weighted by Crippen LogP contribution is -2.46. The highest BCUT2D eigenvalue weighted by atomic mass is 32.2. The fourth-order valence-electron chi connectivity index (χ4n) is 3.71. The molecule has 3 aliphatic rings. The number of hydrogen-bond acceptors (Lipinski definition) is 3. The molecule has 5 heteroatoms. The molecule has 0 bridgehead atoms. The third-order valence-electron chi connectivity index (χ3n) is 5.12. The Bertz CT molecular complexity index is 404. The largest absolute Gasteiger partial charge is 0.480 e. The standard InChI is InChI=1S/C16H25NO3S/c18-14(9-6-11-4-2-1-3-5-11)17-13(16(19)20)10-21-15(17)12-7-8-12/h11-13,15H,1-10H2,(H,19,20). The van der Waals surface area contributed by atoms with Gasteiger partial charge in [-0.25, -0.2) is 4.79 Å². The molecule has 1 aliphatic heterocycles. The minimum atomic E-state index is -0.836. The Morgan fingerprint density at radius 3 is 2.43 bits per heavy atom. The van der Waals surface area contributed by atoms with Crippen molar-refractivity contribution < 1.29 is 14.7 Å².